The maximum atomic E-state index is 6.45. The predicted octanol–water partition coefficient (Wildman–Crippen LogP) is 5.09. The van der Waals surface area contributed by atoms with Crippen LogP contribution < -0.4 is 4.74 Å². The van der Waals surface area contributed by atoms with Crippen LogP contribution >= 0.6 is 23.2 Å². The number of fused-ring (bicyclic) bond motifs is 1. The number of aromatic nitrogens is 4. The van der Waals surface area contributed by atoms with Gasteiger partial charge in [-0.3, -0.25) is 4.90 Å². The molecule has 1 fully saturated rings. The van der Waals surface area contributed by atoms with E-state index in [-0.39, 0.29) is 23.7 Å². The topological polar surface area (TPSA) is 65.3 Å². The van der Waals surface area contributed by atoms with Crippen LogP contribution in [-0.4, -0.2) is 64.1 Å². The Balaban J connectivity index is 1.78. The first-order valence-electron chi connectivity index (χ1n) is 10.5. The lowest BCUT2D eigenvalue weighted by molar-refractivity contribution is 0.0334. The molecule has 0 aliphatic carbocycles. The van der Waals surface area contributed by atoms with Crippen molar-refractivity contribution in [1.29, 1.82) is 0 Å². The van der Waals surface area contributed by atoms with Gasteiger partial charge in [0.05, 0.1) is 0 Å². The summed E-state index contributed by atoms with van der Waals surface area (Å²) >= 11 is 12.7. The Morgan fingerprint density at radius 2 is 1.90 bits per heavy atom. The lowest BCUT2D eigenvalue weighted by Crippen LogP contribution is -2.50. The molecule has 3 rings (SSSR count). The number of likely N-dealkylation sites (tertiary alicyclic amines) is 1. The first-order valence-corrected chi connectivity index (χ1v) is 15.0. The Hall–Kier alpha value is -0.933. The average molecular weight is 475 g/mol. The van der Waals surface area contributed by atoms with Crippen LogP contribution in [0.25, 0.3) is 11.0 Å². The van der Waals surface area contributed by atoms with Gasteiger partial charge in [-0.1, -0.05) is 31.2 Å². The van der Waals surface area contributed by atoms with Gasteiger partial charge >= 0.3 is 0 Å². The maximum absolute atomic E-state index is 6.45. The zero-order chi connectivity index (χ0) is 22.1. The summed E-state index contributed by atoms with van der Waals surface area (Å²) in [5, 5.41) is 5.39. The van der Waals surface area contributed by atoms with Gasteiger partial charge in [-0.05, 0) is 57.8 Å². The highest BCUT2D eigenvalue weighted by molar-refractivity contribution is 6.76. The normalized spacial score (nSPS) is 18.9. The third-order valence-corrected chi connectivity index (χ3v) is 7.44. The van der Waals surface area contributed by atoms with E-state index >= 15 is 0 Å². The van der Waals surface area contributed by atoms with Gasteiger partial charge in [0.1, 0.15) is 18.2 Å². The number of piperidine rings is 1. The first-order chi connectivity index (χ1) is 13.9. The fraction of sp³-hybridized carbons (Fsp3) is 0.750. The van der Waals surface area contributed by atoms with Crippen molar-refractivity contribution < 1.29 is 9.47 Å². The molecule has 2 aromatic heterocycles. The van der Waals surface area contributed by atoms with Crippen molar-refractivity contribution in [1.82, 2.24) is 24.6 Å². The Morgan fingerprint density at radius 1 is 1.17 bits per heavy atom. The van der Waals surface area contributed by atoms with Gasteiger partial charge in [0.15, 0.2) is 10.8 Å². The minimum atomic E-state index is -1.16. The minimum absolute atomic E-state index is 0.0135. The molecule has 3 heterocycles. The number of hydrogen-bond acceptors (Lipinski definition) is 6. The quantitative estimate of drug-likeness (QED) is 0.317. The Labute approximate surface area is 190 Å². The van der Waals surface area contributed by atoms with Crippen LogP contribution in [0.2, 0.25) is 36.1 Å². The lowest BCUT2D eigenvalue weighted by Gasteiger charge is -2.41. The molecular formula is C20H33Cl2N5O2Si. The highest BCUT2D eigenvalue weighted by atomic mass is 35.5. The van der Waals surface area contributed by atoms with E-state index in [1.165, 1.54) is 0 Å². The van der Waals surface area contributed by atoms with E-state index in [0.29, 0.717) is 28.7 Å². The van der Waals surface area contributed by atoms with E-state index in [4.69, 9.17) is 32.7 Å². The smallest absolute Gasteiger partial charge is 0.231 e. The largest absolute Gasteiger partial charge is 0.472 e. The Kier molecular flexibility index (Phi) is 7.34. The fourth-order valence-corrected chi connectivity index (χ4v) is 4.65. The van der Waals surface area contributed by atoms with Crippen LogP contribution in [0.15, 0.2) is 0 Å². The summed E-state index contributed by atoms with van der Waals surface area (Å²) in [4.78, 5) is 11.1. The van der Waals surface area contributed by atoms with Gasteiger partial charge < -0.3 is 9.47 Å². The number of halogens is 2. The summed E-state index contributed by atoms with van der Waals surface area (Å²) in [5.74, 6) is 0.393. The summed E-state index contributed by atoms with van der Waals surface area (Å²) in [6.45, 7) is 16.5. The average Bonchev–Trinajstić information content (AvgIpc) is 2.93. The summed E-state index contributed by atoms with van der Waals surface area (Å²) in [7, 11) is -1.16. The number of hydrogen-bond donors (Lipinski definition) is 0. The SMILES string of the molecule is CC(C)(C)N1CCC[C@@H](Oc2nc(Cl)nc3c2c(Cl)nn3COCC[Si](C)(C)C)C1. The van der Waals surface area contributed by atoms with Crippen LogP contribution in [0.1, 0.15) is 33.6 Å². The molecule has 1 aliphatic rings. The summed E-state index contributed by atoms with van der Waals surface area (Å²) in [5.41, 5.74) is 0.627. The van der Waals surface area contributed by atoms with E-state index in [9.17, 15) is 0 Å². The highest BCUT2D eigenvalue weighted by Gasteiger charge is 2.30. The molecule has 0 bridgehead atoms. The molecule has 168 valence electrons. The third kappa shape index (κ3) is 6.07. The second kappa shape index (κ2) is 9.28. The lowest BCUT2D eigenvalue weighted by atomic mass is 9.99. The van der Waals surface area contributed by atoms with Crippen molar-refractivity contribution in [3.05, 3.63) is 10.4 Å². The van der Waals surface area contributed by atoms with Gasteiger partial charge in [0.25, 0.3) is 0 Å². The zero-order valence-corrected chi connectivity index (χ0v) is 21.3. The van der Waals surface area contributed by atoms with Gasteiger partial charge in [-0.15, -0.1) is 0 Å². The molecular weight excluding hydrogens is 441 g/mol. The van der Waals surface area contributed by atoms with E-state index in [2.05, 4.69) is 60.4 Å². The van der Waals surface area contributed by atoms with E-state index in [1.807, 2.05) is 0 Å². The van der Waals surface area contributed by atoms with Crippen LogP contribution in [0, 0.1) is 0 Å². The summed E-state index contributed by atoms with van der Waals surface area (Å²) < 4.78 is 13.7. The summed E-state index contributed by atoms with van der Waals surface area (Å²) in [6.07, 6.45) is 2.04. The molecule has 1 atom stereocenters. The van der Waals surface area contributed by atoms with E-state index < -0.39 is 8.07 Å². The van der Waals surface area contributed by atoms with Crippen molar-refractivity contribution in [3.63, 3.8) is 0 Å². The first kappa shape index (κ1) is 23.7. The van der Waals surface area contributed by atoms with Crippen LogP contribution in [0.5, 0.6) is 5.88 Å². The van der Waals surface area contributed by atoms with Gasteiger partial charge in [0.2, 0.25) is 11.2 Å². The molecule has 0 saturated carbocycles. The zero-order valence-electron chi connectivity index (χ0n) is 18.8. The van der Waals surface area contributed by atoms with Crippen molar-refractivity contribution >= 4 is 42.3 Å². The Bertz CT molecular complexity index is 879. The molecule has 0 radical (unpaired) electrons. The second-order valence-electron chi connectivity index (χ2n) is 10.1. The third-order valence-electron chi connectivity index (χ3n) is 5.30. The van der Waals surface area contributed by atoms with Crippen molar-refractivity contribution in [3.8, 4) is 5.88 Å². The monoisotopic (exact) mass is 473 g/mol. The molecule has 0 spiro atoms. The van der Waals surface area contributed by atoms with E-state index in [0.717, 1.165) is 32.0 Å². The van der Waals surface area contributed by atoms with Gasteiger partial charge in [-0.2, -0.15) is 15.1 Å². The minimum Gasteiger partial charge on any atom is -0.472 e. The molecule has 10 heteroatoms. The van der Waals surface area contributed by atoms with E-state index in [1.54, 1.807) is 4.68 Å². The van der Waals surface area contributed by atoms with Crippen molar-refractivity contribution in [2.75, 3.05) is 19.7 Å². The van der Waals surface area contributed by atoms with Crippen molar-refractivity contribution in [2.24, 2.45) is 0 Å². The van der Waals surface area contributed by atoms with Gasteiger partial charge in [-0.25, -0.2) is 4.68 Å². The van der Waals surface area contributed by atoms with Gasteiger partial charge in [0, 0.05) is 26.8 Å². The highest BCUT2D eigenvalue weighted by Crippen LogP contribution is 2.32. The molecule has 0 aromatic carbocycles. The van der Waals surface area contributed by atoms with Crippen molar-refractivity contribution in [2.45, 2.75) is 77.7 Å². The molecule has 7 nitrogen and oxygen atoms in total. The number of ether oxygens (including phenoxy) is 2. The second-order valence-corrected chi connectivity index (χ2v) is 16.5. The molecule has 0 unspecified atom stereocenters. The fourth-order valence-electron chi connectivity index (χ4n) is 3.48. The molecule has 2 aromatic rings. The molecule has 0 amide bonds. The van der Waals surface area contributed by atoms with Crippen LogP contribution in [0.3, 0.4) is 0 Å². The Morgan fingerprint density at radius 3 is 2.57 bits per heavy atom. The molecule has 30 heavy (non-hydrogen) atoms. The number of nitrogens with zero attached hydrogens (tertiary/aromatic N) is 5. The molecule has 1 saturated heterocycles. The molecule has 1 aliphatic heterocycles. The van der Waals surface area contributed by atoms with Crippen LogP contribution in [0.4, 0.5) is 0 Å². The summed E-state index contributed by atoms with van der Waals surface area (Å²) in [6, 6.07) is 1.08. The maximum Gasteiger partial charge on any atom is 0.231 e. The molecule has 0 N–H and O–H groups in total. The predicted molar refractivity (Wildman–Crippen MR) is 124 cm³/mol. The number of rotatable bonds is 7. The van der Waals surface area contributed by atoms with Crippen LogP contribution in [-0.2, 0) is 11.5 Å². The standard InChI is InChI=1S/C20H33Cl2N5O2Si/c1-20(2,3)26-9-7-8-14(12-26)29-18-15-16(21)25-27(17(15)23-19(22)24-18)13-28-10-11-30(4,5)6/h14H,7-13H2,1-6H3/t14-/m1/s1.